The van der Waals surface area contributed by atoms with E-state index in [2.05, 4.69) is 79.7 Å². The van der Waals surface area contributed by atoms with Crippen molar-refractivity contribution in [2.24, 2.45) is 0 Å². The van der Waals surface area contributed by atoms with Gasteiger partial charge in [0.05, 0.1) is 0 Å². The van der Waals surface area contributed by atoms with Gasteiger partial charge < -0.3 is 0 Å². The van der Waals surface area contributed by atoms with E-state index in [9.17, 15) is 0 Å². The summed E-state index contributed by atoms with van der Waals surface area (Å²) in [5, 5.41) is 1.34. The first-order chi connectivity index (χ1) is 12.4. The van der Waals surface area contributed by atoms with Crippen molar-refractivity contribution in [3.8, 4) is 0 Å². The van der Waals surface area contributed by atoms with Crippen LogP contribution in [0.3, 0.4) is 0 Å². The molecule has 0 atom stereocenters. The van der Waals surface area contributed by atoms with Crippen molar-refractivity contribution >= 4 is 15.0 Å². The fraction of sp³-hybridized carbons (Fsp3) is 0.250. The molecule has 2 bridgehead atoms. The molecule has 25 heavy (non-hydrogen) atoms. The quantitative estimate of drug-likeness (QED) is 0.396. The van der Waals surface area contributed by atoms with E-state index in [0.717, 1.165) is 0 Å². The van der Waals surface area contributed by atoms with Gasteiger partial charge in [-0.25, -0.2) is 0 Å². The Balaban J connectivity index is 1.85. The van der Waals surface area contributed by atoms with Crippen LogP contribution in [-0.2, 0) is 4.31 Å². The van der Waals surface area contributed by atoms with Gasteiger partial charge in [0.1, 0.15) is 0 Å². The maximum absolute atomic E-state index is 2.40. The second kappa shape index (κ2) is 5.87. The number of hydrogen-bond donors (Lipinski definition) is 0. The molecule has 0 amide bonds. The Hall–Kier alpha value is -1.82. The van der Waals surface area contributed by atoms with Crippen molar-refractivity contribution < 1.29 is 0 Å². The van der Waals surface area contributed by atoms with Crippen LogP contribution in [0.4, 0.5) is 0 Å². The Kier molecular flexibility index (Phi) is 3.62. The summed E-state index contributed by atoms with van der Waals surface area (Å²) in [7, 11) is 0. The molecular formula is C24H22Se. The van der Waals surface area contributed by atoms with Crippen LogP contribution >= 0.6 is 0 Å². The van der Waals surface area contributed by atoms with Crippen molar-refractivity contribution in [1.82, 2.24) is 0 Å². The third kappa shape index (κ3) is 2.00. The molecule has 3 aromatic rings. The Labute approximate surface area is 156 Å². The summed E-state index contributed by atoms with van der Waals surface area (Å²) in [5.41, 5.74) is 9.35. The first-order valence-corrected chi connectivity index (χ1v) is 11.4. The van der Waals surface area contributed by atoms with Gasteiger partial charge in [-0.2, -0.15) is 0 Å². The Morgan fingerprint density at radius 2 is 1.16 bits per heavy atom. The Morgan fingerprint density at radius 3 is 1.60 bits per heavy atom. The molecule has 3 aromatic carbocycles. The molecule has 0 N–H and O–H groups in total. The van der Waals surface area contributed by atoms with Crippen molar-refractivity contribution in [1.29, 1.82) is 0 Å². The first kappa shape index (κ1) is 15.4. The van der Waals surface area contributed by atoms with E-state index in [0.29, 0.717) is 20.9 Å². The summed E-state index contributed by atoms with van der Waals surface area (Å²) >= 11 is 0.511. The van der Waals surface area contributed by atoms with Crippen molar-refractivity contribution in [2.75, 3.05) is 0 Å². The molecule has 3 aliphatic carbocycles. The van der Waals surface area contributed by atoms with Crippen molar-refractivity contribution in [2.45, 2.75) is 35.3 Å². The van der Waals surface area contributed by atoms with Gasteiger partial charge in [-0.3, -0.25) is 0 Å². The van der Waals surface area contributed by atoms with E-state index in [4.69, 9.17) is 0 Å². The summed E-state index contributed by atoms with van der Waals surface area (Å²) in [6.07, 6.45) is 2.61. The SMILES string of the molecule is CCCC[Se]C12c3ccccc3C(c3ccccc31)c1ccccc12. The van der Waals surface area contributed by atoms with E-state index in [1.165, 1.54) is 18.2 Å². The van der Waals surface area contributed by atoms with Gasteiger partial charge in [0.2, 0.25) is 0 Å². The molecule has 6 rings (SSSR count). The van der Waals surface area contributed by atoms with E-state index in [-0.39, 0.29) is 4.31 Å². The van der Waals surface area contributed by atoms with Gasteiger partial charge in [0.25, 0.3) is 0 Å². The predicted octanol–water partition coefficient (Wildman–Crippen LogP) is 5.71. The van der Waals surface area contributed by atoms with Crippen LogP contribution in [-0.4, -0.2) is 15.0 Å². The molecule has 0 fully saturated rings. The van der Waals surface area contributed by atoms with Gasteiger partial charge in [0, 0.05) is 0 Å². The van der Waals surface area contributed by atoms with Crippen LogP contribution in [0.1, 0.15) is 59.1 Å². The molecule has 1 heteroatoms. The number of benzene rings is 3. The minimum atomic E-state index is 0.0979. The summed E-state index contributed by atoms with van der Waals surface area (Å²) in [5.74, 6) is 0.410. The van der Waals surface area contributed by atoms with Gasteiger partial charge in [-0.15, -0.1) is 0 Å². The summed E-state index contributed by atoms with van der Waals surface area (Å²) in [6, 6.07) is 27.7. The summed E-state index contributed by atoms with van der Waals surface area (Å²) in [6.45, 7) is 2.31. The molecule has 0 heterocycles. The molecule has 0 nitrogen and oxygen atoms in total. The maximum atomic E-state index is 2.40. The molecule has 0 saturated carbocycles. The second-order valence-corrected chi connectivity index (χ2v) is 9.82. The second-order valence-electron chi connectivity index (χ2n) is 7.08. The molecule has 0 saturated heterocycles. The average Bonchev–Trinajstić information content (AvgIpc) is 2.68. The number of hydrogen-bond acceptors (Lipinski definition) is 0. The van der Waals surface area contributed by atoms with Crippen LogP contribution in [0.15, 0.2) is 72.8 Å². The van der Waals surface area contributed by atoms with E-state index in [1.807, 2.05) is 0 Å². The van der Waals surface area contributed by atoms with E-state index in [1.54, 1.807) is 33.4 Å². The zero-order valence-corrected chi connectivity index (χ0v) is 16.2. The minimum absolute atomic E-state index is 0.0979. The molecule has 0 aliphatic heterocycles. The Morgan fingerprint density at radius 1 is 0.720 bits per heavy atom. The number of rotatable bonds is 4. The van der Waals surface area contributed by atoms with Crippen LogP contribution in [0.5, 0.6) is 0 Å². The fourth-order valence-electron chi connectivity index (χ4n) is 4.75. The van der Waals surface area contributed by atoms with Crippen LogP contribution in [0, 0.1) is 0 Å². The molecule has 0 aromatic heterocycles. The average molecular weight is 389 g/mol. The third-order valence-corrected chi connectivity index (χ3v) is 9.10. The standard InChI is InChI=1S/C24H22Se/c1-2-3-16-25-24-20-13-7-4-10-17(20)23(18-11-5-8-14-21(18)24)19-12-6-9-15-22(19)24/h4-15,23H,2-3,16H2,1H3. The predicted molar refractivity (Wildman–Crippen MR) is 106 cm³/mol. The van der Waals surface area contributed by atoms with Crippen LogP contribution in [0.2, 0.25) is 5.32 Å². The van der Waals surface area contributed by atoms with Gasteiger partial charge in [-0.05, 0) is 0 Å². The zero-order chi connectivity index (χ0) is 16.9. The molecule has 0 unspecified atom stereocenters. The molecule has 0 radical (unpaired) electrons. The fourth-order valence-corrected chi connectivity index (χ4v) is 8.45. The third-order valence-electron chi connectivity index (χ3n) is 5.77. The molecule has 124 valence electrons. The van der Waals surface area contributed by atoms with E-state index >= 15 is 0 Å². The zero-order valence-electron chi connectivity index (χ0n) is 14.5. The monoisotopic (exact) mass is 390 g/mol. The Bertz CT molecular complexity index is 824. The summed E-state index contributed by atoms with van der Waals surface area (Å²) < 4.78 is 0.0979. The van der Waals surface area contributed by atoms with Gasteiger partial charge in [-0.1, -0.05) is 0 Å². The molecule has 0 spiro atoms. The normalized spacial score (nSPS) is 22.2. The molecular weight excluding hydrogens is 367 g/mol. The van der Waals surface area contributed by atoms with Crippen molar-refractivity contribution in [3.63, 3.8) is 0 Å². The van der Waals surface area contributed by atoms with Gasteiger partial charge in [0.15, 0.2) is 0 Å². The number of unbranched alkanes of at least 4 members (excludes halogenated alkanes) is 1. The van der Waals surface area contributed by atoms with Gasteiger partial charge >= 0.3 is 156 Å². The van der Waals surface area contributed by atoms with Crippen molar-refractivity contribution in [3.05, 3.63) is 106 Å². The topological polar surface area (TPSA) is 0 Å². The molecule has 3 aliphatic rings. The van der Waals surface area contributed by atoms with E-state index < -0.39 is 0 Å². The summed E-state index contributed by atoms with van der Waals surface area (Å²) in [4.78, 5) is 0. The van der Waals surface area contributed by atoms with Crippen LogP contribution in [0.25, 0.3) is 0 Å². The van der Waals surface area contributed by atoms with Crippen LogP contribution < -0.4 is 0 Å². The first-order valence-electron chi connectivity index (χ1n) is 9.30.